The van der Waals surface area contributed by atoms with Crippen LogP contribution in [-0.2, 0) is 22.4 Å². The number of rotatable bonds is 6. The Morgan fingerprint density at radius 2 is 2.03 bits per heavy atom. The van der Waals surface area contributed by atoms with Gasteiger partial charge in [0.1, 0.15) is 16.4 Å². The molecule has 1 aliphatic carbocycles. The Morgan fingerprint density at radius 1 is 1.33 bits per heavy atom. The average molecular weight is 477 g/mol. The molecule has 1 aromatic heterocycles. The summed E-state index contributed by atoms with van der Waals surface area (Å²) >= 11 is 6.61. The van der Waals surface area contributed by atoms with E-state index in [2.05, 4.69) is 0 Å². The minimum absolute atomic E-state index is 0.0359. The van der Waals surface area contributed by atoms with E-state index in [0.717, 1.165) is 0 Å². The Morgan fingerprint density at radius 3 is 2.64 bits per heavy atom. The first-order valence-electron chi connectivity index (χ1n) is 9.80. The molecule has 2 aromatic rings. The number of carboxylic acid groups (broad SMARTS) is 1. The maximum absolute atomic E-state index is 12.8. The van der Waals surface area contributed by atoms with E-state index < -0.39 is 40.0 Å². The molecule has 3 rings (SSSR count). The number of nitrogens with zero attached hydrogens (tertiary/aromatic N) is 2. The molecular formula is C22H21ClN2O8. The van der Waals surface area contributed by atoms with Gasteiger partial charge in [-0.1, -0.05) is 12.1 Å². The van der Waals surface area contributed by atoms with Crippen LogP contribution in [0.15, 0.2) is 33.5 Å². The number of alkyl halides is 1. The zero-order valence-electron chi connectivity index (χ0n) is 18.0. The fraction of sp³-hybridized carbons (Fsp3) is 0.318. The first-order valence-corrected chi connectivity index (χ1v) is 10.2. The van der Waals surface area contributed by atoms with Gasteiger partial charge in [0.25, 0.3) is 5.69 Å². The monoisotopic (exact) mass is 476 g/mol. The SMILES string of the molecule is CN(C)C(=O)OC1C=c2oc(=O)c(Cc3cccc([N+](=O)[O-])c3)c(CC(=O)O)c2=CC1(C)Cl. The number of hydrogen-bond acceptors (Lipinski definition) is 7. The van der Waals surface area contributed by atoms with Crippen LogP contribution in [0.4, 0.5) is 10.5 Å². The van der Waals surface area contributed by atoms with Gasteiger partial charge in [-0.15, -0.1) is 11.6 Å². The molecular weight excluding hydrogens is 456 g/mol. The van der Waals surface area contributed by atoms with Crippen molar-refractivity contribution < 1.29 is 28.8 Å². The first-order chi connectivity index (χ1) is 15.4. The van der Waals surface area contributed by atoms with Crippen LogP contribution in [0.25, 0.3) is 12.2 Å². The molecule has 1 aliphatic rings. The highest BCUT2D eigenvalue weighted by Gasteiger charge is 2.36. The van der Waals surface area contributed by atoms with Crippen molar-refractivity contribution in [3.8, 4) is 0 Å². The summed E-state index contributed by atoms with van der Waals surface area (Å²) in [4.78, 5) is 46.9. The quantitative estimate of drug-likeness (QED) is 0.375. The number of ether oxygens (including phenoxy) is 1. The van der Waals surface area contributed by atoms with Crippen LogP contribution in [0, 0.1) is 10.1 Å². The van der Waals surface area contributed by atoms with E-state index in [9.17, 15) is 29.6 Å². The van der Waals surface area contributed by atoms with Gasteiger partial charge in [0, 0.05) is 49.5 Å². The summed E-state index contributed by atoms with van der Waals surface area (Å²) in [5.74, 6) is -1.19. The van der Waals surface area contributed by atoms with Crippen molar-refractivity contribution in [2.45, 2.75) is 30.7 Å². The Hall–Kier alpha value is -3.66. The molecule has 2 atom stereocenters. The van der Waals surface area contributed by atoms with Gasteiger partial charge in [0.15, 0.2) is 0 Å². The van der Waals surface area contributed by atoms with E-state index >= 15 is 0 Å². The molecule has 10 nitrogen and oxygen atoms in total. The van der Waals surface area contributed by atoms with Crippen LogP contribution in [-0.4, -0.2) is 52.1 Å². The van der Waals surface area contributed by atoms with Crippen LogP contribution in [0.2, 0.25) is 0 Å². The number of fused-ring (bicyclic) bond motifs is 1. The first kappa shape index (κ1) is 24.0. The molecule has 0 fully saturated rings. The van der Waals surface area contributed by atoms with Crippen molar-refractivity contribution in [3.05, 3.63) is 72.1 Å². The average Bonchev–Trinajstić information content (AvgIpc) is 2.71. The van der Waals surface area contributed by atoms with Crippen molar-refractivity contribution in [2.24, 2.45) is 0 Å². The van der Waals surface area contributed by atoms with E-state index in [4.69, 9.17) is 20.8 Å². The van der Waals surface area contributed by atoms with E-state index in [1.165, 1.54) is 49.3 Å². The van der Waals surface area contributed by atoms with Crippen LogP contribution >= 0.6 is 11.6 Å². The molecule has 0 bridgehead atoms. The number of hydrogen-bond donors (Lipinski definition) is 1. The van der Waals surface area contributed by atoms with Gasteiger partial charge in [-0.3, -0.25) is 14.9 Å². The highest BCUT2D eigenvalue weighted by molar-refractivity contribution is 6.28. The van der Waals surface area contributed by atoms with E-state index in [0.29, 0.717) is 10.8 Å². The largest absolute Gasteiger partial charge is 0.481 e. The summed E-state index contributed by atoms with van der Waals surface area (Å²) in [5.41, 5.74) is -0.244. The molecule has 0 radical (unpaired) electrons. The molecule has 11 heteroatoms. The Labute approximate surface area is 192 Å². The topological polar surface area (TPSA) is 140 Å². The van der Waals surface area contributed by atoms with Gasteiger partial charge in [0.05, 0.1) is 11.3 Å². The van der Waals surface area contributed by atoms with Crippen molar-refractivity contribution in [1.82, 2.24) is 4.90 Å². The molecule has 1 heterocycles. The molecule has 33 heavy (non-hydrogen) atoms. The lowest BCUT2D eigenvalue weighted by Crippen LogP contribution is -2.48. The third kappa shape index (κ3) is 5.23. The maximum atomic E-state index is 12.8. The molecule has 1 amide bonds. The van der Waals surface area contributed by atoms with Crippen molar-refractivity contribution >= 4 is 41.5 Å². The Bertz CT molecular complexity index is 1310. The van der Waals surface area contributed by atoms with Crippen molar-refractivity contribution in [1.29, 1.82) is 0 Å². The number of carbonyl (C=O) groups is 2. The van der Waals surface area contributed by atoms with Crippen LogP contribution in [0.5, 0.6) is 0 Å². The molecule has 0 saturated carbocycles. The summed E-state index contributed by atoms with van der Waals surface area (Å²) in [7, 11) is 3.00. The lowest BCUT2D eigenvalue weighted by atomic mass is 9.91. The predicted molar refractivity (Wildman–Crippen MR) is 119 cm³/mol. The number of amides is 1. The highest BCUT2D eigenvalue weighted by atomic mass is 35.5. The zero-order valence-corrected chi connectivity index (χ0v) is 18.8. The van der Waals surface area contributed by atoms with E-state index in [1.807, 2.05) is 0 Å². The highest BCUT2D eigenvalue weighted by Crippen LogP contribution is 2.27. The van der Waals surface area contributed by atoms with E-state index in [-0.39, 0.29) is 28.7 Å². The summed E-state index contributed by atoms with van der Waals surface area (Å²) in [6.45, 7) is 1.58. The summed E-state index contributed by atoms with van der Waals surface area (Å²) in [6.07, 6.45) is 0.646. The van der Waals surface area contributed by atoms with Crippen molar-refractivity contribution in [2.75, 3.05) is 14.1 Å². The smallest absolute Gasteiger partial charge is 0.409 e. The van der Waals surface area contributed by atoms with Gasteiger partial charge in [-0.25, -0.2) is 9.59 Å². The Kier molecular flexibility index (Phi) is 6.59. The number of aliphatic carboxylic acids is 1. The second kappa shape index (κ2) is 9.07. The number of carboxylic acids is 1. The number of carbonyl (C=O) groups excluding carboxylic acids is 1. The van der Waals surface area contributed by atoms with Gasteiger partial charge in [0.2, 0.25) is 0 Å². The minimum Gasteiger partial charge on any atom is -0.481 e. The standard InChI is InChI=1S/C22H21ClN2O8/c1-22(23)11-16-14(9-19(26)27)15(8-12-5-4-6-13(7-12)25(30)31)20(28)32-17(16)10-18(22)33-21(29)24(2)3/h4-7,10-11,18H,8-9H2,1-3H3,(H,26,27). The predicted octanol–water partition coefficient (Wildman–Crippen LogP) is 1.40. The third-order valence-corrected chi connectivity index (χ3v) is 5.44. The molecule has 174 valence electrons. The number of nitro groups is 1. The fourth-order valence-electron chi connectivity index (χ4n) is 3.48. The molecule has 1 aromatic carbocycles. The maximum Gasteiger partial charge on any atom is 0.409 e. The number of nitro benzene ring substituents is 1. The lowest BCUT2D eigenvalue weighted by Gasteiger charge is -2.30. The molecule has 1 N–H and O–H groups in total. The summed E-state index contributed by atoms with van der Waals surface area (Å²) < 4.78 is 10.8. The summed E-state index contributed by atoms with van der Waals surface area (Å²) in [5, 5.41) is 20.9. The number of benzene rings is 1. The van der Waals surface area contributed by atoms with Gasteiger partial charge in [-0.2, -0.15) is 0 Å². The lowest BCUT2D eigenvalue weighted by molar-refractivity contribution is -0.384. The van der Waals surface area contributed by atoms with Gasteiger partial charge >= 0.3 is 17.7 Å². The van der Waals surface area contributed by atoms with Crippen LogP contribution in [0.1, 0.15) is 23.6 Å². The third-order valence-electron chi connectivity index (χ3n) is 5.11. The number of non-ortho nitro benzene ring substituents is 1. The normalized spacial score (nSPS) is 19.0. The van der Waals surface area contributed by atoms with E-state index in [1.54, 1.807) is 13.0 Å². The molecule has 0 spiro atoms. The Balaban J connectivity index is 2.19. The fourth-order valence-corrected chi connectivity index (χ4v) is 3.69. The van der Waals surface area contributed by atoms with Crippen LogP contribution in [0.3, 0.4) is 0 Å². The summed E-state index contributed by atoms with van der Waals surface area (Å²) in [6, 6.07) is 5.69. The van der Waals surface area contributed by atoms with Crippen molar-refractivity contribution in [3.63, 3.8) is 0 Å². The molecule has 0 saturated heterocycles. The zero-order chi connectivity index (χ0) is 24.5. The minimum atomic E-state index is -1.26. The number of halogens is 1. The second-order valence-electron chi connectivity index (χ2n) is 7.96. The second-order valence-corrected chi connectivity index (χ2v) is 8.77. The molecule has 2 unspecified atom stereocenters. The van der Waals surface area contributed by atoms with Gasteiger partial charge < -0.3 is 19.2 Å². The van der Waals surface area contributed by atoms with Gasteiger partial charge in [-0.05, 0) is 24.1 Å². The molecule has 0 aliphatic heterocycles. The van der Waals surface area contributed by atoms with Crippen LogP contribution < -0.4 is 16.3 Å².